The van der Waals surface area contributed by atoms with E-state index in [-0.39, 0.29) is 12.1 Å². The topological polar surface area (TPSA) is 71.0 Å². The molecule has 2 aliphatic heterocycles. The molecule has 92 valence electrons. The number of nitrogens with one attached hydrogen (secondary N) is 1. The number of carbonyl (C=O) groups excluding carboxylic acids is 1. The van der Waals surface area contributed by atoms with Crippen LogP contribution in [0.4, 0.5) is 4.79 Å². The largest absolute Gasteiger partial charge is 0.444 e. The summed E-state index contributed by atoms with van der Waals surface area (Å²) in [7, 11) is 0. The number of ether oxygens (including phenoxy) is 1. The van der Waals surface area contributed by atoms with Gasteiger partial charge in [0.15, 0.2) is 0 Å². The molecule has 0 aromatic carbocycles. The predicted octanol–water partition coefficient (Wildman–Crippen LogP) is -0.130. The van der Waals surface area contributed by atoms with E-state index in [1.165, 1.54) is 4.90 Å². The quantitative estimate of drug-likeness (QED) is 0.606. The Morgan fingerprint density at radius 1 is 1.56 bits per heavy atom. The second kappa shape index (κ2) is 3.87. The lowest BCUT2D eigenvalue weighted by Crippen LogP contribution is -2.43. The van der Waals surface area contributed by atoms with Gasteiger partial charge in [0.1, 0.15) is 5.60 Å². The number of carbonyl (C=O) groups is 1. The fourth-order valence-corrected chi connectivity index (χ4v) is 2.01. The highest BCUT2D eigenvalue weighted by Gasteiger charge is 2.48. The third-order valence-electron chi connectivity index (χ3n) is 2.71. The molecule has 0 aliphatic carbocycles. The van der Waals surface area contributed by atoms with E-state index >= 15 is 0 Å². The molecule has 2 rings (SSSR count). The van der Waals surface area contributed by atoms with Crippen molar-refractivity contribution >= 4 is 6.09 Å². The van der Waals surface area contributed by atoms with E-state index in [1.54, 1.807) is 0 Å². The van der Waals surface area contributed by atoms with Crippen molar-refractivity contribution in [2.24, 2.45) is 0 Å². The molecule has 0 unspecified atom stereocenters. The minimum Gasteiger partial charge on any atom is -0.444 e. The van der Waals surface area contributed by atoms with Crippen molar-refractivity contribution in [1.29, 1.82) is 0 Å². The Morgan fingerprint density at radius 2 is 2.25 bits per heavy atom. The van der Waals surface area contributed by atoms with E-state index in [2.05, 4.69) is 5.48 Å². The summed E-state index contributed by atoms with van der Waals surface area (Å²) in [6, 6.07) is -0.336. The van der Waals surface area contributed by atoms with Crippen LogP contribution < -0.4 is 5.48 Å². The molecular weight excluding hydrogens is 212 g/mol. The fourth-order valence-electron chi connectivity index (χ4n) is 2.01. The lowest BCUT2D eigenvalue weighted by atomic mass is 10.1. The maximum Gasteiger partial charge on any atom is 0.410 e. The fraction of sp³-hybridized carbons (Fsp3) is 0.900. The number of hydrogen-bond donors (Lipinski definition) is 2. The average molecular weight is 230 g/mol. The van der Waals surface area contributed by atoms with Gasteiger partial charge >= 0.3 is 6.09 Å². The summed E-state index contributed by atoms with van der Waals surface area (Å²) in [5.74, 6) is 0. The first kappa shape index (κ1) is 11.6. The van der Waals surface area contributed by atoms with E-state index in [1.807, 2.05) is 20.8 Å². The summed E-state index contributed by atoms with van der Waals surface area (Å²) >= 11 is 0. The van der Waals surface area contributed by atoms with Crippen LogP contribution in [0.3, 0.4) is 0 Å². The van der Waals surface area contributed by atoms with Crippen molar-refractivity contribution in [2.45, 2.75) is 44.6 Å². The Bertz CT molecular complexity index is 289. The Hall–Kier alpha value is -0.850. The maximum atomic E-state index is 11.9. The number of aliphatic hydroxyl groups excluding tert-OH is 1. The molecule has 0 aromatic heterocycles. The maximum absolute atomic E-state index is 11.9. The van der Waals surface area contributed by atoms with Gasteiger partial charge in [0.25, 0.3) is 0 Å². The zero-order valence-corrected chi connectivity index (χ0v) is 9.77. The molecule has 16 heavy (non-hydrogen) atoms. The highest BCUT2D eigenvalue weighted by Crippen LogP contribution is 2.25. The SMILES string of the molecule is CC(C)(C)OC(=O)N1C[C@H](O)[C@H]2NOC[C@H]21. The van der Waals surface area contributed by atoms with Gasteiger partial charge in [-0.2, -0.15) is 5.48 Å². The van der Waals surface area contributed by atoms with Crippen LogP contribution in [-0.4, -0.2) is 53.0 Å². The van der Waals surface area contributed by atoms with Crippen LogP contribution in [-0.2, 0) is 9.57 Å². The Labute approximate surface area is 94.5 Å². The zero-order chi connectivity index (χ0) is 11.9. The third-order valence-corrected chi connectivity index (χ3v) is 2.71. The number of fused-ring (bicyclic) bond motifs is 1. The van der Waals surface area contributed by atoms with E-state index < -0.39 is 17.8 Å². The van der Waals surface area contributed by atoms with Gasteiger partial charge in [0.2, 0.25) is 0 Å². The van der Waals surface area contributed by atoms with E-state index in [0.717, 1.165) is 0 Å². The van der Waals surface area contributed by atoms with Crippen LogP contribution in [0.1, 0.15) is 20.8 Å². The number of likely N-dealkylation sites (tertiary alicyclic amines) is 1. The Balaban J connectivity index is 2.02. The van der Waals surface area contributed by atoms with Gasteiger partial charge in [0, 0.05) is 0 Å². The molecule has 0 aromatic rings. The van der Waals surface area contributed by atoms with Crippen LogP contribution in [0.2, 0.25) is 0 Å². The lowest BCUT2D eigenvalue weighted by molar-refractivity contribution is 0.00852. The van der Waals surface area contributed by atoms with Crippen LogP contribution >= 0.6 is 0 Å². The lowest BCUT2D eigenvalue weighted by Gasteiger charge is -2.26. The van der Waals surface area contributed by atoms with Gasteiger partial charge in [-0.3, -0.25) is 9.74 Å². The number of hydroxylamine groups is 1. The summed E-state index contributed by atoms with van der Waals surface area (Å²) in [5.41, 5.74) is 2.20. The minimum absolute atomic E-state index is 0.134. The van der Waals surface area contributed by atoms with E-state index in [0.29, 0.717) is 13.2 Å². The van der Waals surface area contributed by atoms with Gasteiger partial charge in [-0.25, -0.2) is 4.79 Å². The second-order valence-electron chi connectivity index (χ2n) is 5.22. The van der Waals surface area contributed by atoms with Gasteiger partial charge in [0.05, 0.1) is 31.3 Å². The third kappa shape index (κ3) is 2.14. The molecule has 2 saturated heterocycles. The standard InChI is InChI=1S/C10H18N2O4/c1-10(2,3)16-9(14)12-4-7(13)8-6(12)5-15-11-8/h6-8,11,13H,4-5H2,1-3H3/t6-,7+,8+/m1/s1. The molecule has 1 amide bonds. The van der Waals surface area contributed by atoms with Crippen molar-refractivity contribution in [1.82, 2.24) is 10.4 Å². The molecular formula is C10H18N2O4. The molecule has 0 radical (unpaired) electrons. The Morgan fingerprint density at radius 3 is 2.88 bits per heavy atom. The number of amides is 1. The zero-order valence-electron chi connectivity index (χ0n) is 9.77. The normalized spacial score (nSPS) is 34.0. The number of nitrogens with zero attached hydrogens (tertiary/aromatic N) is 1. The highest BCUT2D eigenvalue weighted by molar-refractivity contribution is 5.69. The number of hydrogen-bond acceptors (Lipinski definition) is 5. The van der Waals surface area contributed by atoms with Crippen molar-refractivity contribution < 1.29 is 19.5 Å². The first-order chi connectivity index (χ1) is 7.38. The first-order valence-corrected chi connectivity index (χ1v) is 5.43. The minimum atomic E-state index is -0.597. The van der Waals surface area contributed by atoms with Gasteiger partial charge in [-0.15, -0.1) is 0 Å². The summed E-state index contributed by atoms with van der Waals surface area (Å²) < 4.78 is 5.27. The summed E-state index contributed by atoms with van der Waals surface area (Å²) in [6.07, 6.45) is -0.994. The molecule has 0 spiro atoms. The molecule has 2 fully saturated rings. The average Bonchev–Trinajstić information content (AvgIpc) is 2.66. The second-order valence-corrected chi connectivity index (χ2v) is 5.22. The molecule has 0 bridgehead atoms. The molecule has 2 N–H and O–H groups in total. The Kier molecular flexibility index (Phi) is 2.81. The molecule has 0 saturated carbocycles. The van der Waals surface area contributed by atoms with Crippen molar-refractivity contribution in [3.63, 3.8) is 0 Å². The molecule has 6 nitrogen and oxygen atoms in total. The van der Waals surface area contributed by atoms with Crippen LogP contribution in [0.5, 0.6) is 0 Å². The number of aliphatic hydroxyl groups is 1. The van der Waals surface area contributed by atoms with Gasteiger partial charge in [-0.05, 0) is 20.8 Å². The predicted molar refractivity (Wildman–Crippen MR) is 55.6 cm³/mol. The van der Waals surface area contributed by atoms with Crippen molar-refractivity contribution in [3.8, 4) is 0 Å². The van der Waals surface area contributed by atoms with Gasteiger partial charge < -0.3 is 9.84 Å². The summed E-state index contributed by atoms with van der Waals surface area (Å²) in [5, 5.41) is 9.73. The van der Waals surface area contributed by atoms with Crippen LogP contribution in [0.25, 0.3) is 0 Å². The van der Waals surface area contributed by atoms with Gasteiger partial charge in [-0.1, -0.05) is 0 Å². The van der Waals surface area contributed by atoms with E-state index in [4.69, 9.17) is 9.57 Å². The molecule has 2 aliphatic rings. The number of β-amino-alcohol motifs (C(OH)–C–C–N with tert-alkyl or cyclic N) is 1. The molecule has 6 heteroatoms. The van der Waals surface area contributed by atoms with E-state index in [9.17, 15) is 9.90 Å². The summed E-state index contributed by atoms with van der Waals surface area (Å²) in [6.45, 7) is 6.14. The van der Waals surface area contributed by atoms with Crippen LogP contribution in [0, 0.1) is 0 Å². The first-order valence-electron chi connectivity index (χ1n) is 5.43. The number of rotatable bonds is 0. The van der Waals surface area contributed by atoms with Crippen LogP contribution in [0.15, 0.2) is 0 Å². The monoisotopic (exact) mass is 230 g/mol. The molecule has 2 heterocycles. The van der Waals surface area contributed by atoms with Crippen molar-refractivity contribution in [2.75, 3.05) is 13.2 Å². The molecule has 3 atom stereocenters. The summed E-state index contributed by atoms with van der Waals surface area (Å²) in [4.78, 5) is 18.4. The van der Waals surface area contributed by atoms with Crippen molar-refractivity contribution in [3.05, 3.63) is 0 Å². The smallest absolute Gasteiger partial charge is 0.410 e. The highest BCUT2D eigenvalue weighted by atomic mass is 16.7.